The summed E-state index contributed by atoms with van der Waals surface area (Å²) in [4.78, 5) is 2.38. The van der Waals surface area contributed by atoms with E-state index in [4.69, 9.17) is 4.74 Å². The first-order valence-electron chi connectivity index (χ1n) is 6.81. The van der Waals surface area contributed by atoms with Crippen molar-refractivity contribution in [2.75, 3.05) is 20.2 Å². The molecule has 0 radical (unpaired) electrons. The number of nitrogens with zero attached hydrogens (tertiary/aromatic N) is 1. The molecule has 1 aliphatic rings. The molecule has 18 heavy (non-hydrogen) atoms. The molecule has 2 atom stereocenters. The number of hydrogen-bond acceptors (Lipinski definition) is 3. The quantitative estimate of drug-likeness (QED) is 0.870. The number of aliphatic hydroxyl groups is 1. The average Bonchev–Trinajstić information content (AvgIpc) is 2.86. The summed E-state index contributed by atoms with van der Waals surface area (Å²) in [6.45, 7) is 3.86. The van der Waals surface area contributed by atoms with Crippen LogP contribution in [0, 0.1) is 0 Å². The van der Waals surface area contributed by atoms with Crippen LogP contribution in [0.3, 0.4) is 0 Å². The van der Waals surface area contributed by atoms with Crippen molar-refractivity contribution in [3.8, 4) is 5.75 Å². The summed E-state index contributed by atoms with van der Waals surface area (Å²) in [5.74, 6) is 0.959. The van der Waals surface area contributed by atoms with Crippen molar-refractivity contribution in [1.82, 2.24) is 4.90 Å². The number of methoxy groups -OCH3 is 1. The van der Waals surface area contributed by atoms with E-state index in [2.05, 4.69) is 17.0 Å². The zero-order chi connectivity index (χ0) is 13.0. The van der Waals surface area contributed by atoms with Gasteiger partial charge in [0.15, 0.2) is 0 Å². The van der Waals surface area contributed by atoms with Crippen LogP contribution in [0.25, 0.3) is 0 Å². The minimum absolute atomic E-state index is 0.222. The van der Waals surface area contributed by atoms with E-state index in [1.807, 2.05) is 19.1 Å². The second-order valence-corrected chi connectivity index (χ2v) is 4.96. The Morgan fingerprint density at radius 2 is 2.22 bits per heavy atom. The second-order valence-electron chi connectivity index (χ2n) is 4.96. The van der Waals surface area contributed by atoms with Gasteiger partial charge in [-0.3, -0.25) is 4.90 Å². The van der Waals surface area contributed by atoms with Crippen molar-refractivity contribution in [2.24, 2.45) is 0 Å². The number of likely N-dealkylation sites (tertiary alicyclic amines) is 1. The lowest BCUT2D eigenvalue weighted by atomic mass is 10.0. The SMILES string of the molecule is CCC(O)CN1CCCC1c1ccccc1OC. The van der Waals surface area contributed by atoms with Gasteiger partial charge >= 0.3 is 0 Å². The maximum Gasteiger partial charge on any atom is 0.123 e. The van der Waals surface area contributed by atoms with E-state index < -0.39 is 0 Å². The fraction of sp³-hybridized carbons (Fsp3) is 0.600. The van der Waals surface area contributed by atoms with Crippen LogP contribution in [0.5, 0.6) is 5.75 Å². The van der Waals surface area contributed by atoms with Gasteiger partial charge in [-0.05, 0) is 31.9 Å². The lowest BCUT2D eigenvalue weighted by Gasteiger charge is -2.27. The van der Waals surface area contributed by atoms with Crippen LogP contribution < -0.4 is 4.74 Å². The molecule has 100 valence electrons. The van der Waals surface area contributed by atoms with Crippen molar-refractivity contribution in [3.63, 3.8) is 0 Å². The zero-order valence-electron chi connectivity index (χ0n) is 11.3. The third-order valence-electron chi connectivity index (χ3n) is 3.78. The highest BCUT2D eigenvalue weighted by Gasteiger charge is 2.28. The van der Waals surface area contributed by atoms with Crippen LogP contribution in [0.15, 0.2) is 24.3 Å². The van der Waals surface area contributed by atoms with Gasteiger partial charge in [-0.2, -0.15) is 0 Å². The predicted octanol–water partition coefficient (Wildman–Crippen LogP) is 2.60. The summed E-state index contributed by atoms with van der Waals surface area (Å²) >= 11 is 0. The van der Waals surface area contributed by atoms with E-state index in [0.29, 0.717) is 6.04 Å². The van der Waals surface area contributed by atoms with Crippen LogP contribution in [-0.4, -0.2) is 36.3 Å². The molecule has 1 fully saturated rings. The average molecular weight is 249 g/mol. The lowest BCUT2D eigenvalue weighted by molar-refractivity contribution is 0.102. The molecule has 3 heteroatoms. The molecule has 0 aliphatic carbocycles. The monoisotopic (exact) mass is 249 g/mol. The summed E-state index contributed by atoms with van der Waals surface area (Å²) in [6, 6.07) is 8.61. The molecule has 1 aliphatic heterocycles. The van der Waals surface area contributed by atoms with Gasteiger partial charge in [-0.15, -0.1) is 0 Å². The van der Waals surface area contributed by atoms with Crippen LogP contribution >= 0.6 is 0 Å². The number of rotatable bonds is 5. The highest BCUT2D eigenvalue weighted by molar-refractivity contribution is 5.36. The molecule has 1 heterocycles. The molecule has 0 spiro atoms. The molecule has 1 aromatic carbocycles. The Balaban J connectivity index is 2.15. The molecular weight excluding hydrogens is 226 g/mol. The van der Waals surface area contributed by atoms with Gasteiger partial charge in [0.1, 0.15) is 5.75 Å². The number of aliphatic hydroxyl groups excluding tert-OH is 1. The molecule has 1 N–H and O–H groups in total. The Morgan fingerprint density at radius 1 is 1.44 bits per heavy atom. The standard InChI is InChI=1S/C15H23NO2/c1-3-12(17)11-16-10-6-8-14(16)13-7-4-5-9-15(13)18-2/h4-5,7,9,12,14,17H,3,6,8,10-11H2,1-2H3. The first kappa shape index (κ1) is 13.4. The zero-order valence-corrected chi connectivity index (χ0v) is 11.3. The topological polar surface area (TPSA) is 32.7 Å². The summed E-state index contributed by atoms with van der Waals surface area (Å²) in [5.41, 5.74) is 1.25. The number of benzene rings is 1. The molecule has 0 bridgehead atoms. The minimum atomic E-state index is -0.222. The highest BCUT2D eigenvalue weighted by atomic mass is 16.5. The van der Waals surface area contributed by atoms with Crippen LogP contribution in [-0.2, 0) is 0 Å². The Labute approximate surface area is 109 Å². The maximum absolute atomic E-state index is 9.84. The molecule has 3 nitrogen and oxygen atoms in total. The van der Waals surface area contributed by atoms with E-state index in [1.165, 1.54) is 12.0 Å². The molecule has 1 aromatic rings. The highest BCUT2D eigenvalue weighted by Crippen LogP contribution is 2.36. The number of β-amino-alcohol motifs (C(OH)–C–C–N with tert-alkyl or cyclic N) is 1. The van der Waals surface area contributed by atoms with Crippen molar-refractivity contribution < 1.29 is 9.84 Å². The largest absolute Gasteiger partial charge is 0.496 e. The van der Waals surface area contributed by atoms with Gasteiger partial charge in [0, 0.05) is 18.2 Å². The Bertz CT molecular complexity index is 381. The fourth-order valence-electron chi connectivity index (χ4n) is 2.74. The van der Waals surface area contributed by atoms with E-state index >= 15 is 0 Å². The summed E-state index contributed by atoms with van der Waals surface area (Å²) < 4.78 is 5.45. The van der Waals surface area contributed by atoms with Gasteiger partial charge < -0.3 is 9.84 Å². The van der Waals surface area contributed by atoms with Gasteiger partial charge in [0.05, 0.1) is 13.2 Å². The molecule has 2 unspecified atom stereocenters. The van der Waals surface area contributed by atoms with E-state index in [9.17, 15) is 5.11 Å². The fourth-order valence-corrected chi connectivity index (χ4v) is 2.74. The summed E-state index contributed by atoms with van der Waals surface area (Å²) in [7, 11) is 1.72. The molecule has 0 aromatic heterocycles. The van der Waals surface area contributed by atoms with E-state index in [-0.39, 0.29) is 6.10 Å². The van der Waals surface area contributed by atoms with Crippen molar-refractivity contribution in [1.29, 1.82) is 0 Å². The molecule has 2 rings (SSSR count). The van der Waals surface area contributed by atoms with Gasteiger partial charge in [-0.1, -0.05) is 25.1 Å². The normalized spacial score (nSPS) is 22.1. The summed E-state index contributed by atoms with van der Waals surface area (Å²) in [5, 5.41) is 9.84. The number of hydrogen-bond donors (Lipinski definition) is 1. The number of para-hydroxylation sites is 1. The summed E-state index contributed by atoms with van der Waals surface area (Å²) in [6.07, 6.45) is 2.94. The third kappa shape index (κ3) is 2.85. The first-order chi connectivity index (χ1) is 8.76. The minimum Gasteiger partial charge on any atom is -0.496 e. The van der Waals surface area contributed by atoms with Crippen LogP contribution in [0.4, 0.5) is 0 Å². The van der Waals surface area contributed by atoms with Crippen molar-refractivity contribution in [2.45, 2.75) is 38.3 Å². The number of ether oxygens (including phenoxy) is 1. The van der Waals surface area contributed by atoms with Crippen molar-refractivity contribution in [3.05, 3.63) is 29.8 Å². The lowest BCUT2D eigenvalue weighted by Crippen LogP contribution is -2.31. The first-order valence-corrected chi connectivity index (χ1v) is 6.81. The van der Waals surface area contributed by atoms with Crippen LogP contribution in [0.1, 0.15) is 37.8 Å². The van der Waals surface area contributed by atoms with Crippen molar-refractivity contribution >= 4 is 0 Å². The molecule has 0 amide bonds. The van der Waals surface area contributed by atoms with Gasteiger partial charge in [-0.25, -0.2) is 0 Å². The van der Waals surface area contributed by atoms with Gasteiger partial charge in [0.2, 0.25) is 0 Å². The Kier molecular flexibility index (Phi) is 4.61. The third-order valence-corrected chi connectivity index (χ3v) is 3.78. The molecule has 0 saturated carbocycles. The Hall–Kier alpha value is -1.06. The maximum atomic E-state index is 9.84. The molecular formula is C15H23NO2. The van der Waals surface area contributed by atoms with E-state index in [1.54, 1.807) is 7.11 Å². The second kappa shape index (κ2) is 6.21. The predicted molar refractivity (Wildman–Crippen MR) is 72.8 cm³/mol. The smallest absolute Gasteiger partial charge is 0.123 e. The Morgan fingerprint density at radius 3 is 2.94 bits per heavy atom. The van der Waals surface area contributed by atoms with Gasteiger partial charge in [0.25, 0.3) is 0 Å². The van der Waals surface area contributed by atoms with Crippen LogP contribution in [0.2, 0.25) is 0 Å². The van der Waals surface area contributed by atoms with E-state index in [0.717, 1.165) is 31.7 Å². The molecule has 1 saturated heterocycles.